The summed E-state index contributed by atoms with van der Waals surface area (Å²) < 4.78 is 76.6. The van der Waals surface area contributed by atoms with Crippen LogP contribution >= 0.6 is 0 Å². The first-order chi connectivity index (χ1) is 45.8. The van der Waals surface area contributed by atoms with E-state index in [0.717, 1.165) is 0 Å². The van der Waals surface area contributed by atoms with E-state index in [-0.39, 0.29) is 148 Å². The van der Waals surface area contributed by atoms with E-state index >= 15 is 0 Å². The van der Waals surface area contributed by atoms with Crippen molar-refractivity contribution >= 4 is 71.4 Å². The molecule has 2 N–H and O–H groups in total. The first-order valence-electron chi connectivity index (χ1n) is 32.9. The molecule has 36 heteroatoms. The third kappa shape index (κ3) is 16.8. The van der Waals surface area contributed by atoms with Gasteiger partial charge in [0.25, 0.3) is 0 Å². The van der Waals surface area contributed by atoms with Crippen molar-refractivity contribution in [2.24, 2.45) is 0 Å². The van der Waals surface area contributed by atoms with E-state index in [1.807, 2.05) is 24.5 Å². The first-order valence-corrected chi connectivity index (χ1v) is 32.9. The number of aliphatic hydroxyl groups is 2. The lowest BCUT2D eigenvalue weighted by atomic mass is 10.3. The van der Waals surface area contributed by atoms with Crippen molar-refractivity contribution in [2.45, 2.75) is 92.2 Å². The number of aromatic nitrogens is 12. The van der Waals surface area contributed by atoms with Crippen LogP contribution in [0.4, 0.5) is 71.4 Å². The predicted octanol–water partition coefficient (Wildman–Crippen LogP) is -3.37. The fraction of sp³-hybridized carbons (Fsp3) is 0.789. The van der Waals surface area contributed by atoms with Crippen LogP contribution in [0, 0.1) is 0 Å². The summed E-state index contributed by atoms with van der Waals surface area (Å²) in [4.78, 5) is 82.4. The molecule has 17 heterocycles. The Morgan fingerprint density at radius 2 is 0.355 bits per heavy atom. The third-order valence-corrected chi connectivity index (χ3v) is 17.3. The van der Waals surface area contributed by atoms with Gasteiger partial charge in [0.1, 0.15) is 0 Å². The molecule has 0 radical (unpaired) electrons. The smallest absolute Gasteiger partial charge is 0.239 e. The average molecular weight is 1300 g/mol. The molecule has 0 spiro atoms. The van der Waals surface area contributed by atoms with E-state index in [1.54, 1.807) is 0 Å². The van der Waals surface area contributed by atoms with E-state index in [1.165, 1.54) is 0 Å². The summed E-state index contributed by atoms with van der Waals surface area (Å²) in [7, 11) is 0. The maximum atomic E-state index is 10.2. The summed E-state index contributed by atoms with van der Waals surface area (Å²) in [6.45, 7) is 14.0. The van der Waals surface area contributed by atoms with Gasteiger partial charge in [-0.1, -0.05) is 0 Å². The van der Waals surface area contributed by atoms with Gasteiger partial charge in [-0.25, -0.2) is 0 Å². The molecule has 0 saturated carbocycles. The number of anilines is 12. The molecule has 4 aromatic heterocycles. The van der Waals surface area contributed by atoms with E-state index in [0.29, 0.717) is 213 Å². The van der Waals surface area contributed by atoms with Crippen LogP contribution in [0.25, 0.3) is 0 Å². The lowest BCUT2D eigenvalue weighted by molar-refractivity contribution is 0.288. The fourth-order valence-corrected chi connectivity index (χ4v) is 11.0. The minimum absolute atomic E-state index is 0.0106. The highest BCUT2D eigenvalue weighted by Gasteiger charge is 2.43. The molecule has 13 fully saturated rings. The lowest BCUT2D eigenvalue weighted by Gasteiger charge is -2.30. The number of hydrogen-bond donors (Lipinski definition) is 2. The van der Waals surface area contributed by atoms with Gasteiger partial charge in [0.2, 0.25) is 71.4 Å². The molecule has 4 aromatic rings. The van der Waals surface area contributed by atoms with Crippen LogP contribution < -0.4 is 44.1 Å². The molecule has 0 bridgehead atoms. The van der Waals surface area contributed by atoms with Gasteiger partial charge in [0, 0.05) is 91.8 Å². The molecule has 13 saturated heterocycles. The Morgan fingerprint density at radius 1 is 0.215 bits per heavy atom. The van der Waals surface area contributed by atoms with Gasteiger partial charge in [-0.05, 0) is 12.8 Å². The Hall–Kier alpha value is -6.36. The van der Waals surface area contributed by atoms with Gasteiger partial charge in [-0.2, -0.15) is 59.8 Å². The molecule has 0 aliphatic carbocycles. The molecule has 502 valence electrons. The molecular weight excluding hydrogens is 1220 g/mol. The van der Waals surface area contributed by atoms with Crippen LogP contribution in [-0.4, -0.2) is 347 Å². The zero-order chi connectivity index (χ0) is 61.9. The van der Waals surface area contributed by atoms with Gasteiger partial charge in [-0.15, -0.1) is 0 Å². The largest absolute Gasteiger partial charge is 0.396 e. The van der Waals surface area contributed by atoms with Gasteiger partial charge >= 0.3 is 0 Å². The highest BCUT2D eigenvalue weighted by atomic mass is 16.6. The zero-order valence-electron chi connectivity index (χ0n) is 51.7. The Bertz CT molecular complexity index is 2890. The fourth-order valence-electron chi connectivity index (χ4n) is 11.0. The number of epoxide rings is 13. The van der Waals surface area contributed by atoms with Crippen molar-refractivity contribution in [1.82, 2.24) is 59.8 Å². The summed E-state index contributed by atoms with van der Waals surface area (Å²) in [6.07, 6.45) is -0.146. The standard InChI is InChI=1S/C57H79N21O15/c79-5-1-3-70(7-33-20-81-33)46-58-47(71(4-2-6-80)8-34-21-82-34)62-52(61-46)76(17-43-30-91-43)55-67-56(77(18-44-31-92-44)53-63-48(72(9-35-22-83-35)10-36-23-84-36)59-49(64-53)73(11-37-24-85-37)12-38-25-86-38)69-57(68-55)78(19-45-32-93-45)54-65-50(74(13-39-26-87-39)14-40-27-88-40)60-51(66-54)75(15-41-28-89-41)16-42-29-90-42/h33-45,79-80H,1-32H2. The highest BCUT2D eigenvalue weighted by Crippen LogP contribution is 2.37. The van der Waals surface area contributed by atoms with Gasteiger partial charge < -0.3 is 101 Å². The Balaban J connectivity index is 0.854. The molecule has 0 aromatic carbocycles. The van der Waals surface area contributed by atoms with Crippen LogP contribution in [0.15, 0.2) is 0 Å². The quantitative estimate of drug-likeness (QED) is 0.0408. The number of nitrogens with zero attached hydrogens (tertiary/aromatic N) is 21. The molecule has 93 heavy (non-hydrogen) atoms. The van der Waals surface area contributed by atoms with Crippen molar-refractivity contribution in [2.75, 3.05) is 241 Å². The summed E-state index contributed by atoms with van der Waals surface area (Å²) in [5.41, 5.74) is 0. The summed E-state index contributed by atoms with van der Waals surface area (Å²) in [5.74, 6) is 3.52. The second-order valence-electron chi connectivity index (χ2n) is 25.9. The topological polar surface area (TPSA) is 387 Å². The van der Waals surface area contributed by atoms with Crippen molar-refractivity contribution in [3.8, 4) is 0 Å². The second-order valence-corrected chi connectivity index (χ2v) is 25.9. The molecule has 13 unspecified atom stereocenters. The molecule has 13 aliphatic heterocycles. The van der Waals surface area contributed by atoms with Crippen LogP contribution in [0.2, 0.25) is 0 Å². The third-order valence-electron chi connectivity index (χ3n) is 17.3. The van der Waals surface area contributed by atoms with E-state index in [2.05, 4.69) is 19.6 Å². The number of hydrogen-bond acceptors (Lipinski definition) is 36. The first kappa shape index (κ1) is 60.3. The van der Waals surface area contributed by atoms with E-state index in [9.17, 15) is 10.2 Å². The summed E-state index contributed by atoms with van der Waals surface area (Å²) >= 11 is 0. The zero-order valence-corrected chi connectivity index (χ0v) is 51.7. The van der Waals surface area contributed by atoms with E-state index in [4.69, 9.17) is 121 Å². The van der Waals surface area contributed by atoms with Gasteiger partial charge in [0.05, 0.1) is 185 Å². The van der Waals surface area contributed by atoms with Gasteiger partial charge in [0.15, 0.2) is 0 Å². The molecule has 13 atom stereocenters. The summed E-state index contributed by atoms with van der Waals surface area (Å²) in [5, 5.41) is 20.5. The molecule has 36 nitrogen and oxygen atoms in total. The Morgan fingerprint density at radius 3 is 0.527 bits per heavy atom. The van der Waals surface area contributed by atoms with Crippen LogP contribution in [0.5, 0.6) is 0 Å². The molecular formula is C57H79N21O15. The predicted molar refractivity (Wildman–Crippen MR) is 324 cm³/mol. The average Bonchev–Trinajstić information content (AvgIpc) is 1.36. The van der Waals surface area contributed by atoms with Gasteiger partial charge in [-0.3, -0.25) is 14.7 Å². The number of rotatable bonds is 44. The monoisotopic (exact) mass is 1300 g/mol. The molecule has 17 rings (SSSR count). The van der Waals surface area contributed by atoms with Crippen LogP contribution in [-0.2, 0) is 61.6 Å². The SMILES string of the molecule is OCCCN(CC1CO1)c1nc(N(CCCO)CC2CO2)nc(N(CC2CO2)c2nc(N(CC3CO3)c3nc(N(CC4CO4)CC4CO4)nc(N(CC4CO4)CC4CO4)n3)nc(N(CC3CO3)c3nc(N(CC4CO4)CC4CO4)nc(N(CC4CO4)CC4CO4)n3)n2)n1. The van der Waals surface area contributed by atoms with Crippen molar-refractivity contribution < 1.29 is 71.8 Å². The second kappa shape index (κ2) is 26.3. The Labute approximate surface area is 534 Å². The van der Waals surface area contributed by atoms with Crippen molar-refractivity contribution in [1.29, 1.82) is 0 Å². The van der Waals surface area contributed by atoms with Crippen LogP contribution in [0.3, 0.4) is 0 Å². The van der Waals surface area contributed by atoms with E-state index < -0.39 is 0 Å². The number of ether oxygens (including phenoxy) is 13. The molecule has 13 aliphatic rings. The highest BCUT2D eigenvalue weighted by molar-refractivity contribution is 5.64. The van der Waals surface area contributed by atoms with Crippen LogP contribution in [0.1, 0.15) is 12.8 Å². The number of aliphatic hydroxyl groups excluding tert-OH is 2. The van der Waals surface area contributed by atoms with Crippen molar-refractivity contribution in [3.05, 3.63) is 0 Å². The minimum atomic E-state index is -0.287. The maximum absolute atomic E-state index is 10.2. The molecule has 0 amide bonds. The Kier molecular flexibility index (Phi) is 17.1. The lowest BCUT2D eigenvalue weighted by Crippen LogP contribution is -2.38. The van der Waals surface area contributed by atoms with Crippen molar-refractivity contribution in [3.63, 3.8) is 0 Å². The maximum Gasteiger partial charge on any atom is 0.239 e. The minimum Gasteiger partial charge on any atom is -0.396 e. The normalized spacial score (nSPS) is 29.4. The summed E-state index contributed by atoms with van der Waals surface area (Å²) in [6, 6.07) is 0.